The fraction of sp³-hybridized carbons (Fsp3) is 0.471. The third-order valence-electron chi connectivity index (χ3n) is 3.45. The average Bonchev–Trinajstić information content (AvgIpc) is 2.74. The molecular formula is C17H24N2O. The number of hydrogen-bond acceptors (Lipinski definition) is 2. The molecule has 108 valence electrons. The zero-order valence-corrected chi connectivity index (χ0v) is 12.6. The van der Waals surface area contributed by atoms with E-state index in [-0.39, 0.29) is 5.88 Å². The third kappa shape index (κ3) is 3.21. The molecule has 1 N–H and O–H groups in total. The molecule has 2 aromatic rings. The average molecular weight is 272 g/mol. The van der Waals surface area contributed by atoms with Gasteiger partial charge in [-0.25, -0.2) is 4.68 Å². The molecule has 0 fully saturated rings. The molecule has 0 atom stereocenters. The van der Waals surface area contributed by atoms with Gasteiger partial charge in [0.2, 0.25) is 5.88 Å². The first-order chi connectivity index (χ1) is 9.63. The van der Waals surface area contributed by atoms with Gasteiger partial charge < -0.3 is 5.11 Å². The summed E-state index contributed by atoms with van der Waals surface area (Å²) in [5.74, 6) is 0.698. The lowest BCUT2D eigenvalue weighted by Crippen LogP contribution is -2.05. The van der Waals surface area contributed by atoms with Gasteiger partial charge >= 0.3 is 0 Å². The molecule has 3 heteroatoms. The van der Waals surface area contributed by atoms with E-state index in [1.165, 1.54) is 0 Å². The first-order valence-corrected chi connectivity index (χ1v) is 7.48. The van der Waals surface area contributed by atoms with E-state index in [1.54, 1.807) is 0 Å². The Bertz CT molecular complexity index is 544. The van der Waals surface area contributed by atoms with Crippen molar-refractivity contribution in [2.75, 3.05) is 0 Å². The Labute approximate surface area is 121 Å². The maximum Gasteiger partial charge on any atom is 0.234 e. The van der Waals surface area contributed by atoms with Crippen LogP contribution in [-0.2, 0) is 12.8 Å². The second-order valence-corrected chi connectivity index (χ2v) is 5.70. The van der Waals surface area contributed by atoms with Crippen molar-refractivity contribution in [1.29, 1.82) is 0 Å². The second-order valence-electron chi connectivity index (χ2n) is 5.70. The summed E-state index contributed by atoms with van der Waals surface area (Å²) < 4.78 is 1.91. The van der Waals surface area contributed by atoms with Gasteiger partial charge in [-0.05, 0) is 37.3 Å². The van der Waals surface area contributed by atoms with Crippen molar-refractivity contribution < 1.29 is 5.11 Å². The van der Waals surface area contributed by atoms with Crippen molar-refractivity contribution in [1.82, 2.24) is 9.78 Å². The number of para-hydroxylation sites is 1. The van der Waals surface area contributed by atoms with Crippen LogP contribution in [0, 0.1) is 5.92 Å². The van der Waals surface area contributed by atoms with E-state index < -0.39 is 0 Å². The Morgan fingerprint density at radius 2 is 1.90 bits per heavy atom. The predicted octanol–water partition coefficient (Wildman–Crippen LogP) is 4.12. The number of aromatic hydroxyl groups is 1. The monoisotopic (exact) mass is 272 g/mol. The molecule has 1 aromatic heterocycles. The first kappa shape index (κ1) is 14.6. The SMILES string of the molecule is CCCCc1c(CC(C)C)c(O)nn1-c1ccccc1. The minimum atomic E-state index is 0.189. The van der Waals surface area contributed by atoms with Gasteiger partial charge in [0, 0.05) is 5.56 Å². The molecule has 0 bridgehead atoms. The van der Waals surface area contributed by atoms with Crippen molar-refractivity contribution in [2.45, 2.75) is 46.5 Å². The normalized spacial score (nSPS) is 11.2. The summed E-state index contributed by atoms with van der Waals surface area (Å²) in [6.45, 7) is 6.52. The third-order valence-corrected chi connectivity index (χ3v) is 3.45. The number of hydrogen-bond donors (Lipinski definition) is 1. The number of unbranched alkanes of at least 4 members (excludes halogenated alkanes) is 1. The number of nitrogens with zero attached hydrogens (tertiary/aromatic N) is 2. The van der Waals surface area contributed by atoms with Crippen LogP contribution in [-0.4, -0.2) is 14.9 Å². The molecule has 0 unspecified atom stereocenters. The lowest BCUT2D eigenvalue weighted by atomic mass is 10.0. The van der Waals surface area contributed by atoms with E-state index in [0.717, 1.165) is 42.6 Å². The molecule has 0 aliphatic heterocycles. The summed E-state index contributed by atoms with van der Waals surface area (Å²) in [6, 6.07) is 10.1. The topological polar surface area (TPSA) is 38.1 Å². The van der Waals surface area contributed by atoms with Crippen LogP contribution < -0.4 is 0 Å². The highest BCUT2D eigenvalue weighted by Crippen LogP contribution is 2.27. The van der Waals surface area contributed by atoms with E-state index in [4.69, 9.17) is 0 Å². The second kappa shape index (κ2) is 6.60. The van der Waals surface area contributed by atoms with Crippen LogP contribution >= 0.6 is 0 Å². The van der Waals surface area contributed by atoms with Crippen molar-refractivity contribution in [2.24, 2.45) is 5.92 Å². The van der Waals surface area contributed by atoms with E-state index in [9.17, 15) is 5.11 Å². The minimum Gasteiger partial charge on any atom is -0.492 e. The van der Waals surface area contributed by atoms with Crippen LogP contribution in [0.3, 0.4) is 0 Å². The fourth-order valence-corrected chi connectivity index (χ4v) is 2.47. The summed E-state index contributed by atoms with van der Waals surface area (Å²) in [7, 11) is 0. The molecular weight excluding hydrogens is 248 g/mol. The van der Waals surface area contributed by atoms with Crippen molar-refractivity contribution in [3.05, 3.63) is 41.6 Å². The zero-order chi connectivity index (χ0) is 14.5. The maximum absolute atomic E-state index is 10.2. The fourth-order valence-electron chi connectivity index (χ4n) is 2.47. The van der Waals surface area contributed by atoms with E-state index >= 15 is 0 Å². The van der Waals surface area contributed by atoms with Crippen molar-refractivity contribution in [3.63, 3.8) is 0 Å². The highest BCUT2D eigenvalue weighted by molar-refractivity contribution is 5.40. The molecule has 20 heavy (non-hydrogen) atoms. The molecule has 0 radical (unpaired) electrons. The zero-order valence-electron chi connectivity index (χ0n) is 12.6. The lowest BCUT2D eigenvalue weighted by Gasteiger charge is -2.10. The number of rotatable bonds is 6. The molecule has 0 saturated carbocycles. The summed E-state index contributed by atoms with van der Waals surface area (Å²) in [5.41, 5.74) is 3.19. The summed E-state index contributed by atoms with van der Waals surface area (Å²) in [5, 5.41) is 14.5. The molecule has 0 aliphatic carbocycles. The lowest BCUT2D eigenvalue weighted by molar-refractivity contribution is 0.438. The van der Waals surface area contributed by atoms with E-state index in [1.807, 2.05) is 35.0 Å². The van der Waals surface area contributed by atoms with Gasteiger partial charge in [0.15, 0.2) is 0 Å². The van der Waals surface area contributed by atoms with Crippen LogP contribution in [0.5, 0.6) is 5.88 Å². The standard InChI is InChI=1S/C17H24N2O/c1-4-5-11-16-15(12-13(2)3)17(20)18-19(16)14-9-7-6-8-10-14/h6-10,13H,4-5,11-12H2,1-3H3,(H,18,20). The van der Waals surface area contributed by atoms with Crippen LogP contribution in [0.2, 0.25) is 0 Å². The Hall–Kier alpha value is -1.77. The van der Waals surface area contributed by atoms with Crippen LogP contribution in [0.4, 0.5) is 0 Å². The van der Waals surface area contributed by atoms with Crippen LogP contribution in [0.15, 0.2) is 30.3 Å². The smallest absolute Gasteiger partial charge is 0.234 e. The molecule has 0 spiro atoms. The summed E-state index contributed by atoms with van der Waals surface area (Å²) in [6.07, 6.45) is 4.09. The maximum atomic E-state index is 10.2. The molecule has 0 amide bonds. The van der Waals surface area contributed by atoms with Crippen molar-refractivity contribution in [3.8, 4) is 11.6 Å². The van der Waals surface area contributed by atoms with E-state index in [2.05, 4.69) is 25.9 Å². The Morgan fingerprint density at radius 3 is 2.50 bits per heavy atom. The Balaban J connectivity index is 2.45. The largest absolute Gasteiger partial charge is 0.492 e. The first-order valence-electron chi connectivity index (χ1n) is 7.48. The predicted molar refractivity (Wildman–Crippen MR) is 82.4 cm³/mol. The van der Waals surface area contributed by atoms with Gasteiger partial charge in [-0.15, -0.1) is 5.10 Å². The molecule has 3 nitrogen and oxygen atoms in total. The molecule has 1 heterocycles. The van der Waals surface area contributed by atoms with Gasteiger partial charge in [0.25, 0.3) is 0 Å². The Morgan fingerprint density at radius 1 is 1.20 bits per heavy atom. The van der Waals surface area contributed by atoms with Gasteiger partial charge in [0.05, 0.1) is 11.4 Å². The van der Waals surface area contributed by atoms with Gasteiger partial charge in [-0.3, -0.25) is 0 Å². The van der Waals surface area contributed by atoms with E-state index in [0.29, 0.717) is 5.92 Å². The quantitative estimate of drug-likeness (QED) is 0.859. The highest BCUT2D eigenvalue weighted by atomic mass is 16.3. The van der Waals surface area contributed by atoms with Crippen LogP contribution in [0.25, 0.3) is 5.69 Å². The number of aromatic nitrogens is 2. The minimum absolute atomic E-state index is 0.189. The molecule has 0 aliphatic rings. The summed E-state index contributed by atoms with van der Waals surface area (Å²) >= 11 is 0. The van der Waals surface area contributed by atoms with Crippen LogP contribution in [0.1, 0.15) is 44.9 Å². The Kier molecular flexibility index (Phi) is 4.83. The molecule has 2 rings (SSSR count). The molecule has 0 saturated heterocycles. The van der Waals surface area contributed by atoms with Gasteiger partial charge in [-0.2, -0.15) is 0 Å². The highest BCUT2D eigenvalue weighted by Gasteiger charge is 2.18. The number of benzene rings is 1. The van der Waals surface area contributed by atoms with Crippen molar-refractivity contribution >= 4 is 0 Å². The van der Waals surface area contributed by atoms with Gasteiger partial charge in [-0.1, -0.05) is 45.4 Å². The molecule has 1 aromatic carbocycles. The van der Waals surface area contributed by atoms with Gasteiger partial charge in [0.1, 0.15) is 0 Å². The summed E-state index contributed by atoms with van der Waals surface area (Å²) in [4.78, 5) is 0.